The average Bonchev–Trinajstić information content (AvgIpc) is 2.79. The lowest BCUT2D eigenvalue weighted by molar-refractivity contribution is -0.122. The van der Waals surface area contributed by atoms with E-state index >= 15 is 0 Å². The molecule has 0 aromatic heterocycles. The Morgan fingerprint density at radius 1 is 0.906 bits per heavy atom. The standard InChI is InChI=1S/C26H27FN2O3/c1-32-19-26(31)29(18-22-8-5-9-23(27)16-22)24-12-10-21(11-13-24)17-25(30)28-15-14-20-6-3-2-4-7-20/h2-13,16H,14-15,17-19H2,1H3,(H,28,30). The maximum absolute atomic E-state index is 13.6. The van der Waals surface area contributed by atoms with Gasteiger partial charge in [-0.05, 0) is 47.4 Å². The third-order valence-electron chi connectivity index (χ3n) is 4.99. The van der Waals surface area contributed by atoms with Gasteiger partial charge in [0.2, 0.25) is 5.91 Å². The maximum atomic E-state index is 13.6. The van der Waals surface area contributed by atoms with Crippen LogP contribution in [0.4, 0.5) is 10.1 Å². The van der Waals surface area contributed by atoms with E-state index in [-0.39, 0.29) is 37.2 Å². The average molecular weight is 435 g/mol. The van der Waals surface area contributed by atoms with Crippen molar-refractivity contribution >= 4 is 17.5 Å². The number of nitrogens with zero attached hydrogens (tertiary/aromatic N) is 1. The number of amides is 2. The first-order valence-corrected chi connectivity index (χ1v) is 10.5. The largest absolute Gasteiger partial charge is 0.375 e. The Kier molecular flexibility index (Phi) is 8.52. The SMILES string of the molecule is COCC(=O)N(Cc1cccc(F)c1)c1ccc(CC(=O)NCCc2ccccc2)cc1. The summed E-state index contributed by atoms with van der Waals surface area (Å²) in [6.07, 6.45) is 1.03. The van der Waals surface area contributed by atoms with Crippen LogP contribution in [0, 0.1) is 5.82 Å². The second-order valence-electron chi connectivity index (χ2n) is 7.47. The molecule has 0 heterocycles. The van der Waals surface area contributed by atoms with Crippen molar-refractivity contribution in [3.63, 3.8) is 0 Å². The fourth-order valence-electron chi connectivity index (χ4n) is 3.38. The number of hydrogen-bond donors (Lipinski definition) is 1. The minimum atomic E-state index is -0.352. The van der Waals surface area contributed by atoms with E-state index in [2.05, 4.69) is 5.32 Å². The number of anilines is 1. The Bertz CT molecular complexity index is 1020. The van der Waals surface area contributed by atoms with Gasteiger partial charge in [-0.15, -0.1) is 0 Å². The minimum Gasteiger partial charge on any atom is -0.375 e. The number of carbonyl (C=O) groups excluding carboxylic acids is 2. The number of carbonyl (C=O) groups is 2. The maximum Gasteiger partial charge on any atom is 0.253 e. The molecule has 0 spiro atoms. The van der Waals surface area contributed by atoms with E-state index in [9.17, 15) is 14.0 Å². The Labute approximate surface area is 187 Å². The van der Waals surface area contributed by atoms with Crippen molar-refractivity contribution in [1.29, 1.82) is 0 Å². The van der Waals surface area contributed by atoms with E-state index in [4.69, 9.17) is 4.74 Å². The van der Waals surface area contributed by atoms with Crippen LogP contribution in [-0.4, -0.2) is 32.1 Å². The van der Waals surface area contributed by atoms with Crippen molar-refractivity contribution < 1.29 is 18.7 Å². The molecule has 2 amide bonds. The van der Waals surface area contributed by atoms with Crippen LogP contribution in [0.15, 0.2) is 78.9 Å². The normalized spacial score (nSPS) is 10.6. The molecule has 5 nitrogen and oxygen atoms in total. The molecule has 0 saturated carbocycles. The molecule has 6 heteroatoms. The molecule has 3 aromatic rings. The van der Waals surface area contributed by atoms with E-state index in [1.807, 2.05) is 42.5 Å². The predicted molar refractivity (Wildman–Crippen MR) is 123 cm³/mol. The van der Waals surface area contributed by atoms with Gasteiger partial charge in [-0.2, -0.15) is 0 Å². The highest BCUT2D eigenvalue weighted by atomic mass is 19.1. The molecule has 1 N–H and O–H groups in total. The topological polar surface area (TPSA) is 58.6 Å². The summed E-state index contributed by atoms with van der Waals surface area (Å²) in [4.78, 5) is 26.4. The van der Waals surface area contributed by atoms with Crippen LogP contribution in [0.3, 0.4) is 0 Å². The molecule has 32 heavy (non-hydrogen) atoms. The van der Waals surface area contributed by atoms with E-state index in [1.54, 1.807) is 29.2 Å². The summed E-state index contributed by atoms with van der Waals surface area (Å²) in [6, 6.07) is 23.4. The highest BCUT2D eigenvalue weighted by molar-refractivity contribution is 5.94. The number of ether oxygens (including phenoxy) is 1. The minimum absolute atomic E-state index is 0.0549. The van der Waals surface area contributed by atoms with Gasteiger partial charge in [-0.25, -0.2) is 4.39 Å². The van der Waals surface area contributed by atoms with Crippen molar-refractivity contribution in [3.8, 4) is 0 Å². The van der Waals surface area contributed by atoms with Crippen molar-refractivity contribution in [3.05, 3.63) is 101 Å². The van der Waals surface area contributed by atoms with Gasteiger partial charge in [0.1, 0.15) is 12.4 Å². The molecule has 0 radical (unpaired) electrons. The Balaban J connectivity index is 1.60. The van der Waals surface area contributed by atoms with Crippen LogP contribution in [0.2, 0.25) is 0 Å². The van der Waals surface area contributed by atoms with E-state index in [1.165, 1.54) is 24.8 Å². The summed E-state index contributed by atoms with van der Waals surface area (Å²) in [6.45, 7) is 0.716. The van der Waals surface area contributed by atoms with E-state index < -0.39 is 0 Å². The van der Waals surface area contributed by atoms with Crippen LogP contribution >= 0.6 is 0 Å². The van der Waals surface area contributed by atoms with Gasteiger partial charge in [0.05, 0.1) is 13.0 Å². The molecule has 3 rings (SSSR count). The molecule has 0 aliphatic rings. The number of hydrogen-bond acceptors (Lipinski definition) is 3. The number of methoxy groups -OCH3 is 1. The Morgan fingerprint density at radius 3 is 2.31 bits per heavy atom. The van der Waals surface area contributed by atoms with E-state index in [0.29, 0.717) is 17.8 Å². The molecule has 0 unspecified atom stereocenters. The van der Waals surface area contributed by atoms with Gasteiger partial charge in [-0.1, -0.05) is 54.6 Å². The zero-order valence-electron chi connectivity index (χ0n) is 18.1. The molecule has 0 atom stereocenters. The summed E-state index contributed by atoms with van der Waals surface area (Å²) >= 11 is 0. The first-order valence-electron chi connectivity index (χ1n) is 10.5. The molecule has 0 saturated heterocycles. The van der Waals surface area contributed by atoms with E-state index in [0.717, 1.165) is 12.0 Å². The van der Waals surface area contributed by atoms with Crippen LogP contribution in [0.5, 0.6) is 0 Å². The summed E-state index contributed by atoms with van der Waals surface area (Å²) in [7, 11) is 1.46. The van der Waals surface area contributed by atoms with Crippen molar-refractivity contribution in [2.45, 2.75) is 19.4 Å². The highest BCUT2D eigenvalue weighted by Crippen LogP contribution is 2.19. The number of benzene rings is 3. The second-order valence-corrected chi connectivity index (χ2v) is 7.47. The van der Waals surface area contributed by atoms with Gasteiger partial charge < -0.3 is 15.0 Å². The quantitative estimate of drug-likeness (QED) is 0.526. The highest BCUT2D eigenvalue weighted by Gasteiger charge is 2.17. The van der Waals surface area contributed by atoms with Gasteiger partial charge in [0.25, 0.3) is 5.91 Å². The first-order chi connectivity index (χ1) is 15.5. The Hall–Kier alpha value is -3.51. The van der Waals surface area contributed by atoms with Crippen molar-refractivity contribution in [2.75, 3.05) is 25.2 Å². The first kappa shape index (κ1) is 23.2. The van der Waals surface area contributed by atoms with Gasteiger partial charge in [0.15, 0.2) is 0 Å². The fraction of sp³-hybridized carbons (Fsp3) is 0.231. The molecular formula is C26H27FN2O3. The molecule has 0 aliphatic carbocycles. The molecule has 0 fully saturated rings. The lowest BCUT2D eigenvalue weighted by atomic mass is 10.1. The summed E-state index contributed by atoms with van der Waals surface area (Å²) in [5.74, 6) is -0.640. The number of rotatable bonds is 10. The molecule has 166 valence electrons. The smallest absolute Gasteiger partial charge is 0.253 e. The molecular weight excluding hydrogens is 407 g/mol. The molecule has 0 aliphatic heterocycles. The third kappa shape index (κ3) is 7.03. The van der Waals surface area contributed by atoms with Crippen LogP contribution in [-0.2, 0) is 33.7 Å². The zero-order valence-corrected chi connectivity index (χ0v) is 18.1. The third-order valence-corrected chi connectivity index (χ3v) is 4.99. The number of halogens is 1. The zero-order chi connectivity index (χ0) is 22.8. The summed E-state index contributed by atoms with van der Waals surface area (Å²) in [5, 5.41) is 2.93. The molecule has 0 bridgehead atoms. The second kappa shape index (κ2) is 11.8. The Morgan fingerprint density at radius 2 is 1.62 bits per heavy atom. The summed E-state index contributed by atoms with van der Waals surface area (Å²) < 4.78 is 18.6. The van der Waals surface area contributed by atoms with Gasteiger partial charge >= 0.3 is 0 Å². The van der Waals surface area contributed by atoms with Crippen molar-refractivity contribution in [2.24, 2.45) is 0 Å². The molecule has 3 aromatic carbocycles. The van der Waals surface area contributed by atoms with Crippen LogP contribution in [0.1, 0.15) is 16.7 Å². The lowest BCUT2D eigenvalue weighted by Gasteiger charge is -2.23. The van der Waals surface area contributed by atoms with Gasteiger partial charge in [-0.3, -0.25) is 9.59 Å². The van der Waals surface area contributed by atoms with Crippen LogP contribution in [0.25, 0.3) is 0 Å². The van der Waals surface area contributed by atoms with Crippen LogP contribution < -0.4 is 10.2 Å². The fourth-order valence-corrected chi connectivity index (χ4v) is 3.38. The summed E-state index contributed by atoms with van der Waals surface area (Å²) in [5.41, 5.74) is 3.35. The van der Waals surface area contributed by atoms with Crippen molar-refractivity contribution in [1.82, 2.24) is 5.32 Å². The predicted octanol–water partition coefficient (Wildman–Crippen LogP) is 3.91. The lowest BCUT2D eigenvalue weighted by Crippen LogP contribution is -2.33. The number of nitrogens with one attached hydrogen (secondary N) is 1. The van der Waals surface area contributed by atoms with Gasteiger partial charge in [0, 0.05) is 19.3 Å². The monoisotopic (exact) mass is 434 g/mol.